The third kappa shape index (κ3) is 0.926. The number of hydrogen-bond donors (Lipinski definition) is 0. The van der Waals surface area contributed by atoms with Gasteiger partial charge in [-0.2, -0.15) is 0 Å². The normalized spacial score (nSPS) is 34.0. The summed E-state index contributed by atoms with van der Waals surface area (Å²) in [5.74, 6) is 1.39. The summed E-state index contributed by atoms with van der Waals surface area (Å²) in [6.07, 6.45) is 5.33. The van der Waals surface area contributed by atoms with Crippen LogP contribution in [0.25, 0.3) is 0 Å². The van der Waals surface area contributed by atoms with E-state index in [-0.39, 0.29) is 5.92 Å². The molecular weight excluding hydrogens is 172 g/mol. The molecule has 1 nitrogen and oxygen atoms in total. The van der Waals surface area contributed by atoms with Gasteiger partial charge in [-0.1, -0.05) is 42.5 Å². The van der Waals surface area contributed by atoms with E-state index in [1.807, 2.05) is 18.2 Å². The van der Waals surface area contributed by atoms with E-state index in [0.29, 0.717) is 17.6 Å². The molecule has 1 heteroatoms. The minimum absolute atomic E-state index is 0.153. The van der Waals surface area contributed by atoms with Crippen molar-refractivity contribution in [2.24, 2.45) is 11.8 Å². The van der Waals surface area contributed by atoms with Crippen molar-refractivity contribution >= 4 is 5.78 Å². The number of carbonyl (C=O) groups is 1. The van der Waals surface area contributed by atoms with Crippen LogP contribution < -0.4 is 0 Å². The van der Waals surface area contributed by atoms with Gasteiger partial charge in [0.25, 0.3) is 0 Å². The van der Waals surface area contributed by atoms with E-state index in [2.05, 4.69) is 24.3 Å². The van der Waals surface area contributed by atoms with E-state index in [4.69, 9.17) is 0 Å². The molecule has 0 saturated heterocycles. The first-order valence-electron chi connectivity index (χ1n) is 5.13. The lowest BCUT2D eigenvalue weighted by Gasteiger charge is -2.38. The summed E-state index contributed by atoms with van der Waals surface area (Å²) in [6, 6.07) is 10.1. The lowest BCUT2D eigenvalue weighted by molar-refractivity contribution is -0.134. The molecule has 0 bridgehead atoms. The molecule has 0 amide bonds. The van der Waals surface area contributed by atoms with Gasteiger partial charge >= 0.3 is 0 Å². The largest absolute Gasteiger partial charge is 0.299 e. The zero-order valence-corrected chi connectivity index (χ0v) is 7.89. The third-order valence-corrected chi connectivity index (χ3v) is 3.43. The minimum Gasteiger partial charge on any atom is -0.299 e. The van der Waals surface area contributed by atoms with Gasteiger partial charge in [0.15, 0.2) is 0 Å². The fourth-order valence-electron chi connectivity index (χ4n) is 2.67. The van der Waals surface area contributed by atoms with Gasteiger partial charge in [0.05, 0.1) is 0 Å². The van der Waals surface area contributed by atoms with Crippen molar-refractivity contribution in [3.8, 4) is 0 Å². The number of hydrogen-bond acceptors (Lipinski definition) is 1. The van der Waals surface area contributed by atoms with E-state index < -0.39 is 0 Å². The number of allylic oxidation sites excluding steroid dienone is 2. The summed E-state index contributed by atoms with van der Waals surface area (Å²) >= 11 is 0. The monoisotopic (exact) mass is 184 g/mol. The van der Waals surface area contributed by atoms with Crippen LogP contribution in [0, 0.1) is 11.8 Å². The molecule has 1 aromatic rings. The van der Waals surface area contributed by atoms with Crippen LogP contribution in [0.2, 0.25) is 0 Å². The quantitative estimate of drug-likeness (QED) is 0.613. The second-order valence-electron chi connectivity index (χ2n) is 4.14. The van der Waals surface area contributed by atoms with Crippen LogP contribution in [0.4, 0.5) is 0 Å². The minimum atomic E-state index is 0.153. The predicted molar refractivity (Wildman–Crippen MR) is 54.9 cm³/mol. The maximum absolute atomic E-state index is 11.8. The number of ketones is 1. The lowest BCUT2D eigenvalue weighted by Crippen LogP contribution is -2.42. The van der Waals surface area contributed by atoms with Crippen LogP contribution in [-0.4, -0.2) is 5.78 Å². The Morgan fingerprint density at radius 1 is 1.14 bits per heavy atom. The molecule has 2 aliphatic carbocycles. The molecule has 0 heterocycles. The molecule has 0 aliphatic heterocycles. The molecular formula is C13H12O. The van der Waals surface area contributed by atoms with Crippen molar-refractivity contribution in [3.63, 3.8) is 0 Å². The second kappa shape index (κ2) is 2.81. The Balaban J connectivity index is 1.94. The molecule has 1 saturated carbocycles. The van der Waals surface area contributed by atoms with Gasteiger partial charge in [-0.05, 0) is 12.0 Å². The Hall–Kier alpha value is -1.37. The summed E-state index contributed by atoms with van der Waals surface area (Å²) in [7, 11) is 0. The molecule has 3 atom stereocenters. The summed E-state index contributed by atoms with van der Waals surface area (Å²) in [5, 5.41) is 0. The van der Waals surface area contributed by atoms with Gasteiger partial charge in [0.1, 0.15) is 5.78 Å². The zero-order chi connectivity index (χ0) is 9.54. The molecule has 0 aromatic heterocycles. The Morgan fingerprint density at radius 3 is 2.71 bits per heavy atom. The Bertz CT molecular complexity index is 391. The van der Waals surface area contributed by atoms with Crippen molar-refractivity contribution in [1.29, 1.82) is 0 Å². The maximum atomic E-state index is 11.8. The van der Waals surface area contributed by atoms with Crippen LogP contribution in [0.5, 0.6) is 0 Å². The first-order valence-corrected chi connectivity index (χ1v) is 5.13. The van der Waals surface area contributed by atoms with E-state index in [0.717, 1.165) is 6.42 Å². The highest BCUT2D eigenvalue weighted by Crippen LogP contribution is 2.49. The SMILES string of the molecule is O=C1[C@@H]2CC=C[C@@H]2[C@@H]1c1ccccc1. The molecule has 70 valence electrons. The summed E-state index contributed by atoms with van der Waals surface area (Å²) in [6.45, 7) is 0. The molecule has 2 aliphatic rings. The average molecular weight is 184 g/mol. The Kier molecular flexibility index (Phi) is 1.60. The zero-order valence-electron chi connectivity index (χ0n) is 7.89. The molecule has 1 aromatic carbocycles. The van der Waals surface area contributed by atoms with Crippen LogP contribution in [-0.2, 0) is 4.79 Å². The fraction of sp³-hybridized carbons (Fsp3) is 0.308. The van der Waals surface area contributed by atoms with Crippen LogP contribution in [0.1, 0.15) is 17.9 Å². The summed E-state index contributed by atoms with van der Waals surface area (Å²) in [5.41, 5.74) is 1.19. The summed E-state index contributed by atoms with van der Waals surface area (Å²) < 4.78 is 0. The lowest BCUT2D eigenvalue weighted by atomic mass is 9.63. The number of carbonyl (C=O) groups excluding carboxylic acids is 1. The number of Topliss-reactive ketones (excluding diaryl/α,β-unsaturated/α-hetero) is 1. The van der Waals surface area contributed by atoms with Crippen molar-refractivity contribution in [2.45, 2.75) is 12.3 Å². The number of rotatable bonds is 1. The van der Waals surface area contributed by atoms with Gasteiger partial charge < -0.3 is 0 Å². The Morgan fingerprint density at radius 2 is 1.93 bits per heavy atom. The van der Waals surface area contributed by atoms with Crippen LogP contribution in [0.3, 0.4) is 0 Å². The van der Waals surface area contributed by atoms with Crippen LogP contribution >= 0.6 is 0 Å². The van der Waals surface area contributed by atoms with E-state index in [1.165, 1.54) is 5.56 Å². The second-order valence-corrected chi connectivity index (χ2v) is 4.14. The maximum Gasteiger partial charge on any atom is 0.144 e. The molecule has 0 unspecified atom stereocenters. The number of fused-ring (bicyclic) bond motifs is 1. The van der Waals surface area contributed by atoms with Crippen molar-refractivity contribution in [2.75, 3.05) is 0 Å². The molecule has 14 heavy (non-hydrogen) atoms. The van der Waals surface area contributed by atoms with Crippen LogP contribution in [0.15, 0.2) is 42.5 Å². The Labute approximate surface area is 83.4 Å². The first-order chi connectivity index (χ1) is 6.88. The predicted octanol–water partition coefficient (Wildman–Crippen LogP) is 2.55. The third-order valence-electron chi connectivity index (χ3n) is 3.43. The van der Waals surface area contributed by atoms with Gasteiger partial charge in [-0.3, -0.25) is 4.79 Å². The van der Waals surface area contributed by atoms with Gasteiger partial charge in [-0.15, -0.1) is 0 Å². The van der Waals surface area contributed by atoms with Gasteiger partial charge in [0, 0.05) is 17.8 Å². The topological polar surface area (TPSA) is 17.1 Å². The molecule has 0 radical (unpaired) electrons. The highest BCUT2D eigenvalue weighted by atomic mass is 16.1. The van der Waals surface area contributed by atoms with Gasteiger partial charge in [-0.25, -0.2) is 0 Å². The molecule has 3 rings (SSSR count). The number of benzene rings is 1. The fourth-order valence-corrected chi connectivity index (χ4v) is 2.67. The van der Waals surface area contributed by atoms with Crippen molar-refractivity contribution in [1.82, 2.24) is 0 Å². The highest BCUT2D eigenvalue weighted by Gasteiger charge is 2.49. The smallest absolute Gasteiger partial charge is 0.144 e. The molecule has 1 fully saturated rings. The van der Waals surface area contributed by atoms with E-state index in [1.54, 1.807) is 0 Å². The summed E-state index contributed by atoms with van der Waals surface area (Å²) in [4.78, 5) is 11.8. The van der Waals surface area contributed by atoms with Crippen molar-refractivity contribution in [3.05, 3.63) is 48.0 Å². The van der Waals surface area contributed by atoms with Gasteiger partial charge in [0.2, 0.25) is 0 Å². The van der Waals surface area contributed by atoms with E-state index in [9.17, 15) is 4.79 Å². The standard InChI is InChI=1S/C13H12O/c14-13-11-8-4-7-10(11)12(13)9-5-2-1-3-6-9/h1-7,10-12H,8H2/t10-,11+,12-/m0/s1. The molecule has 0 N–H and O–H groups in total. The molecule has 0 spiro atoms. The highest BCUT2D eigenvalue weighted by molar-refractivity contribution is 5.96. The first kappa shape index (κ1) is 7.98. The van der Waals surface area contributed by atoms with Crippen molar-refractivity contribution < 1.29 is 4.79 Å². The average Bonchev–Trinajstić information content (AvgIpc) is 2.63. The van der Waals surface area contributed by atoms with E-state index >= 15 is 0 Å².